The van der Waals surface area contributed by atoms with Crippen LogP contribution in [-0.2, 0) is 0 Å². The van der Waals surface area contributed by atoms with Crippen LogP contribution in [0.5, 0.6) is 5.75 Å². The highest BCUT2D eigenvalue weighted by Crippen LogP contribution is 2.31. The van der Waals surface area contributed by atoms with E-state index < -0.39 is 0 Å². The van der Waals surface area contributed by atoms with Crippen LogP contribution in [0.4, 0.5) is 10.5 Å². The molecule has 2 aromatic rings. The third kappa shape index (κ3) is 3.03. The zero-order chi connectivity index (χ0) is 17.2. The van der Waals surface area contributed by atoms with Gasteiger partial charge in [-0.05, 0) is 24.3 Å². The van der Waals surface area contributed by atoms with Gasteiger partial charge in [-0.15, -0.1) is 0 Å². The van der Waals surface area contributed by atoms with Crippen molar-refractivity contribution in [1.82, 2.24) is 10.6 Å². The summed E-state index contributed by atoms with van der Waals surface area (Å²) in [6.07, 6.45) is 0.733. The molecule has 2 N–H and O–H groups in total. The zero-order valence-corrected chi connectivity index (χ0v) is 13.7. The largest absolute Gasteiger partial charge is 0.493 e. The molecule has 2 aliphatic rings. The van der Waals surface area contributed by atoms with E-state index in [1.165, 1.54) is 0 Å². The van der Waals surface area contributed by atoms with E-state index in [9.17, 15) is 9.59 Å². The molecule has 4 rings (SSSR count). The Morgan fingerprint density at radius 2 is 2.08 bits per heavy atom. The van der Waals surface area contributed by atoms with Gasteiger partial charge in [-0.25, -0.2) is 4.79 Å². The van der Waals surface area contributed by atoms with E-state index in [-0.39, 0.29) is 18.0 Å². The van der Waals surface area contributed by atoms with E-state index in [1.54, 1.807) is 23.1 Å². The van der Waals surface area contributed by atoms with Gasteiger partial charge in [0.1, 0.15) is 5.75 Å². The number of rotatable bonds is 3. The van der Waals surface area contributed by atoms with Gasteiger partial charge < -0.3 is 15.4 Å². The number of carbonyl (C=O) groups is 2. The van der Waals surface area contributed by atoms with Crippen LogP contribution in [0.3, 0.4) is 0 Å². The van der Waals surface area contributed by atoms with Crippen LogP contribution in [0, 0.1) is 0 Å². The van der Waals surface area contributed by atoms with Crippen LogP contribution in [0.1, 0.15) is 28.4 Å². The number of anilines is 1. The molecule has 0 aliphatic carbocycles. The molecule has 0 bridgehead atoms. The number of carbonyl (C=O) groups excluding carboxylic acids is 2. The maximum Gasteiger partial charge on any atom is 0.321 e. The minimum atomic E-state index is -0.150. The normalized spacial score (nSPS) is 19.0. The Balaban J connectivity index is 1.53. The minimum Gasteiger partial charge on any atom is -0.493 e. The van der Waals surface area contributed by atoms with Gasteiger partial charge in [-0.2, -0.15) is 0 Å². The van der Waals surface area contributed by atoms with Crippen molar-refractivity contribution in [3.63, 3.8) is 0 Å². The summed E-state index contributed by atoms with van der Waals surface area (Å²) in [5, 5.41) is 5.85. The van der Waals surface area contributed by atoms with Crippen LogP contribution >= 0.6 is 0 Å². The first-order valence-corrected chi connectivity index (χ1v) is 8.40. The van der Waals surface area contributed by atoms with Gasteiger partial charge in [0.2, 0.25) is 0 Å². The molecule has 0 unspecified atom stereocenters. The summed E-state index contributed by atoms with van der Waals surface area (Å²) in [5.41, 5.74) is 2.27. The molecule has 0 spiro atoms. The number of hydrogen-bond donors (Lipinski definition) is 2. The number of amides is 3. The third-order valence-electron chi connectivity index (χ3n) is 4.54. The summed E-state index contributed by atoms with van der Waals surface area (Å²) in [6.45, 7) is 1.81. The Labute approximate surface area is 145 Å². The summed E-state index contributed by atoms with van der Waals surface area (Å²) in [5.74, 6) is 0.671. The van der Waals surface area contributed by atoms with Gasteiger partial charge in [0.25, 0.3) is 5.91 Å². The standard InChI is InChI=1S/C19H19N3O3/c23-18(21-16-8-11-25-17-7-2-1-6-15(16)17)13-4-3-5-14(12-13)22-10-9-20-19(22)24/h1-7,12,16H,8-11H2,(H,20,24)(H,21,23)/t16-/m0/s1. The number of nitrogens with one attached hydrogen (secondary N) is 2. The second kappa shape index (κ2) is 6.47. The molecule has 0 aromatic heterocycles. The fourth-order valence-corrected chi connectivity index (χ4v) is 3.27. The first-order valence-electron chi connectivity index (χ1n) is 8.40. The Kier molecular flexibility index (Phi) is 4.01. The van der Waals surface area contributed by atoms with Crippen LogP contribution < -0.4 is 20.3 Å². The molecule has 0 saturated carbocycles. The van der Waals surface area contributed by atoms with Gasteiger partial charge in [-0.3, -0.25) is 9.69 Å². The molecule has 1 atom stereocenters. The highest BCUT2D eigenvalue weighted by atomic mass is 16.5. The fraction of sp³-hybridized carbons (Fsp3) is 0.263. The van der Waals surface area contributed by atoms with Gasteiger partial charge in [0, 0.05) is 36.3 Å². The van der Waals surface area contributed by atoms with E-state index in [1.807, 2.05) is 30.3 Å². The number of nitrogens with zero attached hydrogens (tertiary/aromatic N) is 1. The molecule has 3 amide bonds. The van der Waals surface area contributed by atoms with Crippen molar-refractivity contribution < 1.29 is 14.3 Å². The maximum absolute atomic E-state index is 12.7. The lowest BCUT2D eigenvalue weighted by Gasteiger charge is -2.26. The Bertz CT molecular complexity index is 821. The summed E-state index contributed by atoms with van der Waals surface area (Å²) in [4.78, 5) is 26.2. The quantitative estimate of drug-likeness (QED) is 0.904. The predicted molar refractivity (Wildman–Crippen MR) is 93.9 cm³/mol. The average molecular weight is 337 g/mol. The van der Waals surface area contributed by atoms with Crippen LogP contribution in [-0.4, -0.2) is 31.6 Å². The molecule has 25 heavy (non-hydrogen) atoms. The monoisotopic (exact) mass is 337 g/mol. The van der Waals surface area contributed by atoms with Gasteiger partial charge in [-0.1, -0.05) is 24.3 Å². The lowest BCUT2D eigenvalue weighted by molar-refractivity contribution is 0.0924. The number of benzene rings is 2. The number of hydrogen-bond acceptors (Lipinski definition) is 3. The number of urea groups is 1. The van der Waals surface area contributed by atoms with Gasteiger partial charge in [0.15, 0.2) is 0 Å². The topological polar surface area (TPSA) is 70.7 Å². The average Bonchev–Trinajstić information content (AvgIpc) is 3.08. The molecule has 6 nitrogen and oxygen atoms in total. The van der Waals surface area contributed by atoms with E-state index in [2.05, 4.69) is 10.6 Å². The molecule has 0 radical (unpaired) electrons. The Morgan fingerprint density at radius 1 is 1.20 bits per heavy atom. The highest BCUT2D eigenvalue weighted by Gasteiger charge is 2.24. The van der Waals surface area contributed by atoms with Crippen LogP contribution in [0.2, 0.25) is 0 Å². The molecular formula is C19H19N3O3. The second-order valence-electron chi connectivity index (χ2n) is 6.13. The first kappa shape index (κ1) is 15.5. The zero-order valence-electron chi connectivity index (χ0n) is 13.7. The number of fused-ring (bicyclic) bond motifs is 1. The highest BCUT2D eigenvalue weighted by molar-refractivity contribution is 5.98. The lowest BCUT2D eigenvalue weighted by atomic mass is 10.00. The maximum atomic E-state index is 12.7. The summed E-state index contributed by atoms with van der Waals surface area (Å²) < 4.78 is 5.64. The summed E-state index contributed by atoms with van der Waals surface area (Å²) in [7, 11) is 0. The van der Waals surface area contributed by atoms with E-state index in [0.717, 1.165) is 23.4 Å². The molecule has 1 fully saturated rings. The predicted octanol–water partition coefficient (Wildman–Crippen LogP) is 2.47. The smallest absolute Gasteiger partial charge is 0.321 e. The number of ether oxygens (including phenoxy) is 1. The first-order chi connectivity index (χ1) is 12.2. The van der Waals surface area contributed by atoms with Crippen molar-refractivity contribution >= 4 is 17.6 Å². The lowest BCUT2D eigenvalue weighted by Crippen LogP contribution is -2.32. The molecular weight excluding hydrogens is 318 g/mol. The van der Waals surface area contributed by atoms with E-state index in [4.69, 9.17) is 4.74 Å². The summed E-state index contributed by atoms with van der Waals surface area (Å²) in [6, 6.07) is 14.7. The Morgan fingerprint density at radius 3 is 2.92 bits per heavy atom. The Hall–Kier alpha value is -3.02. The number of para-hydroxylation sites is 1. The van der Waals surface area contributed by atoms with Gasteiger partial charge >= 0.3 is 6.03 Å². The van der Waals surface area contributed by atoms with Crippen molar-refractivity contribution in [3.8, 4) is 5.75 Å². The SMILES string of the molecule is O=C(N[C@H]1CCOc2ccccc21)c1cccc(N2CCNC2=O)c1. The van der Waals surface area contributed by atoms with Crippen molar-refractivity contribution in [2.75, 3.05) is 24.6 Å². The fourth-order valence-electron chi connectivity index (χ4n) is 3.27. The van der Waals surface area contributed by atoms with Crippen molar-refractivity contribution in [3.05, 3.63) is 59.7 Å². The second-order valence-corrected chi connectivity index (χ2v) is 6.13. The molecule has 1 saturated heterocycles. The van der Waals surface area contributed by atoms with Crippen LogP contribution in [0.25, 0.3) is 0 Å². The summed E-state index contributed by atoms with van der Waals surface area (Å²) >= 11 is 0. The molecule has 128 valence electrons. The van der Waals surface area contributed by atoms with Crippen LogP contribution in [0.15, 0.2) is 48.5 Å². The van der Waals surface area contributed by atoms with Crippen molar-refractivity contribution in [2.24, 2.45) is 0 Å². The molecule has 6 heteroatoms. The van der Waals surface area contributed by atoms with E-state index >= 15 is 0 Å². The van der Waals surface area contributed by atoms with Crippen molar-refractivity contribution in [2.45, 2.75) is 12.5 Å². The molecule has 2 aliphatic heterocycles. The van der Waals surface area contributed by atoms with Crippen molar-refractivity contribution in [1.29, 1.82) is 0 Å². The van der Waals surface area contributed by atoms with Gasteiger partial charge in [0.05, 0.1) is 12.6 Å². The molecule has 2 aromatic carbocycles. The third-order valence-corrected chi connectivity index (χ3v) is 4.54. The molecule has 2 heterocycles. The van der Waals surface area contributed by atoms with E-state index in [0.29, 0.717) is 25.3 Å². The minimum absolute atomic E-state index is 0.0730.